The highest BCUT2D eigenvalue weighted by molar-refractivity contribution is 6.31. The van der Waals surface area contributed by atoms with Gasteiger partial charge in [-0.2, -0.15) is 5.10 Å². The molecule has 5 nitrogen and oxygen atoms in total. The van der Waals surface area contributed by atoms with Gasteiger partial charge in [-0.15, -0.1) is 0 Å². The predicted molar refractivity (Wildman–Crippen MR) is 137 cm³/mol. The van der Waals surface area contributed by atoms with Crippen LogP contribution in [-0.4, -0.2) is 58.8 Å². The van der Waals surface area contributed by atoms with Gasteiger partial charge in [-0.25, -0.2) is 4.39 Å². The maximum atomic E-state index is 14.0. The first-order chi connectivity index (χ1) is 16.6. The molecule has 1 aliphatic carbocycles. The number of aromatic nitrogens is 2. The van der Waals surface area contributed by atoms with Gasteiger partial charge >= 0.3 is 0 Å². The van der Waals surface area contributed by atoms with Gasteiger partial charge in [-0.3, -0.25) is 9.58 Å². The maximum absolute atomic E-state index is 14.0. The van der Waals surface area contributed by atoms with Crippen molar-refractivity contribution in [2.75, 3.05) is 38.5 Å². The summed E-state index contributed by atoms with van der Waals surface area (Å²) in [6.07, 6.45) is 7.04. The number of piperazine rings is 1. The first-order valence-corrected chi connectivity index (χ1v) is 12.7. The fourth-order valence-electron chi connectivity index (χ4n) is 5.22. The van der Waals surface area contributed by atoms with Crippen LogP contribution in [0.4, 0.5) is 10.1 Å². The van der Waals surface area contributed by atoms with Gasteiger partial charge in [0.05, 0.1) is 11.7 Å². The molecule has 1 N–H and O–H groups in total. The lowest BCUT2D eigenvalue weighted by molar-refractivity contribution is 0.0811. The number of halogens is 2. The highest BCUT2D eigenvalue weighted by Crippen LogP contribution is 2.32. The molecule has 3 aromatic rings. The molecule has 5 rings (SSSR count). The van der Waals surface area contributed by atoms with Crippen molar-refractivity contribution in [1.29, 1.82) is 0 Å². The molecule has 2 fully saturated rings. The first-order valence-electron chi connectivity index (χ1n) is 12.3. The number of hydrogen-bond donors (Lipinski definition) is 1. The third-order valence-electron chi connectivity index (χ3n) is 7.41. The van der Waals surface area contributed by atoms with Crippen molar-refractivity contribution < 1.29 is 4.39 Å². The second-order valence-corrected chi connectivity index (χ2v) is 10.0. The molecule has 0 spiro atoms. The Kier molecular flexibility index (Phi) is 7.18. The normalized spacial score (nSPS) is 22.1. The number of nitrogens with one attached hydrogen (secondary N) is 1. The summed E-state index contributed by atoms with van der Waals surface area (Å²) in [5, 5.41) is 8.60. The lowest BCUT2D eigenvalue weighted by atomic mass is 9.90. The van der Waals surface area contributed by atoms with Gasteiger partial charge in [0.1, 0.15) is 5.82 Å². The summed E-state index contributed by atoms with van der Waals surface area (Å²) in [5.74, 6) is -0.292. The summed E-state index contributed by atoms with van der Waals surface area (Å²) in [5.41, 5.74) is 3.48. The summed E-state index contributed by atoms with van der Waals surface area (Å²) < 4.78 is 16.2. The van der Waals surface area contributed by atoms with Gasteiger partial charge in [0.2, 0.25) is 0 Å². The summed E-state index contributed by atoms with van der Waals surface area (Å²) in [6.45, 7) is 5.13. The number of benzene rings is 2. The molecule has 0 radical (unpaired) electrons. The van der Waals surface area contributed by atoms with E-state index in [1.54, 1.807) is 12.1 Å². The van der Waals surface area contributed by atoms with E-state index in [1.165, 1.54) is 57.9 Å². The van der Waals surface area contributed by atoms with E-state index in [0.29, 0.717) is 23.2 Å². The highest BCUT2D eigenvalue weighted by atomic mass is 35.5. The minimum absolute atomic E-state index is 0.292. The smallest absolute Gasteiger partial charge is 0.129 e. The zero-order valence-corrected chi connectivity index (χ0v) is 20.5. The zero-order valence-electron chi connectivity index (χ0n) is 19.8. The molecule has 0 bridgehead atoms. The third-order valence-corrected chi connectivity index (χ3v) is 7.77. The summed E-state index contributed by atoms with van der Waals surface area (Å²) in [6, 6.07) is 16.2. The molecule has 1 saturated heterocycles. The molecule has 7 heteroatoms. The molecule has 180 valence electrons. The average molecular weight is 482 g/mol. The molecule has 0 atom stereocenters. The monoisotopic (exact) mass is 481 g/mol. The zero-order chi connectivity index (χ0) is 23.5. The minimum atomic E-state index is -0.292. The number of anilines is 1. The van der Waals surface area contributed by atoms with E-state index in [4.69, 9.17) is 16.7 Å². The summed E-state index contributed by atoms with van der Waals surface area (Å²) in [4.78, 5) is 5.12. The second-order valence-electron chi connectivity index (χ2n) is 9.61. The summed E-state index contributed by atoms with van der Waals surface area (Å²) >= 11 is 6.13. The molecule has 2 aromatic carbocycles. The van der Waals surface area contributed by atoms with Crippen molar-refractivity contribution in [3.63, 3.8) is 0 Å². The van der Waals surface area contributed by atoms with Crippen molar-refractivity contribution in [2.24, 2.45) is 0 Å². The van der Waals surface area contributed by atoms with Gasteiger partial charge < -0.3 is 10.2 Å². The van der Waals surface area contributed by atoms with Crippen LogP contribution in [0, 0.1) is 5.82 Å². The van der Waals surface area contributed by atoms with Crippen molar-refractivity contribution >= 4 is 17.3 Å². The molecular weight excluding hydrogens is 449 g/mol. The SMILES string of the molecule is CN1CCN(C2CCC(n3ccc(-c4ccc(NCc5c(F)cccc5Cl)cc4)n3)CC2)CC1. The van der Waals surface area contributed by atoms with Crippen LogP contribution < -0.4 is 5.32 Å². The molecule has 1 saturated carbocycles. The van der Waals surface area contributed by atoms with Gasteiger partial charge in [-0.1, -0.05) is 29.8 Å². The van der Waals surface area contributed by atoms with E-state index in [-0.39, 0.29) is 5.82 Å². The van der Waals surface area contributed by atoms with Crippen LogP contribution in [0.15, 0.2) is 54.7 Å². The lowest BCUT2D eigenvalue weighted by Gasteiger charge is -2.41. The van der Waals surface area contributed by atoms with Crippen LogP contribution in [0.25, 0.3) is 11.3 Å². The van der Waals surface area contributed by atoms with Crippen LogP contribution in [-0.2, 0) is 6.54 Å². The minimum Gasteiger partial charge on any atom is -0.381 e. The maximum Gasteiger partial charge on any atom is 0.129 e. The Morgan fingerprint density at radius 3 is 2.35 bits per heavy atom. The third kappa shape index (κ3) is 5.29. The van der Waals surface area contributed by atoms with E-state index >= 15 is 0 Å². The lowest BCUT2D eigenvalue weighted by Crippen LogP contribution is -2.49. The molecule has 2 heterocycles. The van der Waals surface area contributed by atoms with E-state index in [0.717, 1.165) is 23.0 Å². The Labute approximate surface area is 206 Å². The van der Waals surface area contributed by atoms with Crippen LogP contribution in [0.2, 0.25) is 5.02 Å². The fourth-order valence-corrected chi connectivity index (χ4v) is 5.45. The largest absolute Gasteiger partial charge is 0.381 e. The van der Waals surface area contributed by atoms with Crippen molar-refractivity contribution in [3.05, 3.63) is 71.1 Å². The predicted octanol–water partition coefficient (Wildman–Crippen LogP) is 5.69. The van der Waals surface area contributed by atoms with Crippen LogP contribution in [0.1, 0.15) is 37.3 Å². The first kappa shape index (κ1) is 23.3. The number of rotatable bonds is 6. The Morgan fingerprint density at radius 1 is 0.941 bits per heavy atom. The Hall–Kier alpha value is -2.41. The molecule has 0 amide bonds. The molecular formula is C27H33ClFN5. The summed E-state index contributed by atoms with van der Waals surface area (Å²) in [7, 11) is 2.22. The quantitative estimate of drug-likeness (QED) is 0.491. The van der Waals surface area contributed by atoms with E-state index in [9.17, 15) is 4.39 Å². The molecule has 34 heavy (non-hydrogen) atoms. The van der Waals surface area contributed by atoms with Crippen LogP contribution in [0.5, 0.6) is 0 Å². The van der Waals surface area contributed by atoms with Crippen molar-refractivity contribution in [3.8, 4) is 11.3 Å². The van der Waals surface area contributed by atoms with Crippen LogP contribution in [0.3, 0.4) is 0 Å². The van der Waals surface area contributed by atoms with E-state index < -0.39 is 0 Å². The topological polar surface area (TPSA) is 36.3 Å². The van der Waals surface area contributed by atoms with Crippen molar-refractivity contribution in [2.45, 2.75) is 44.3 Å². The Balaban J connectivity index is 1.16. The van der Waals surface area contributed by atoms with Gasteiger partial charge in [0, 0.05) is 66.8 Å². The Morgan fingerprint density at radius 2 is 1.65 bits per heavy atom. The molecule has 2 aliphatic rings. The average Bonchev–Trinajstić information content (AvgIpc) is 3.35. The molecule has 1 aliphatic heterocycles. The van der Waals surface area contributed by atoms with E-state index in [1.807, 2.05) is 12.1 Å². The number of likely N-dealkylation sites (N-methyl/N-ethyl adjacent to an activating group) is 1. The Bertz CT molecular complexity index is 1060. The fraction of sp³-hybridized carbons (Fsp3) is 0.444. The standard InChI is InChI=1S/C27H33ClFN5/c1-32-15-17-33(18-16-32)22-9-11-23(12-10-22)34-14-13-27(31-34)20-5-7-21(8-6-20)30-19-24-25(28)3-2-4-26(24)29/h2-8,13-14,22-23,30H,9-12,15-19H2,1H3. The molecule has 0 unspecified atom stereocenters. The van der Waals surface area contributed by atoms with Gasteiger partial charge in [-0.05, 0) is 63.1 Å². The number of hydrogen-bond acceptors (Lipinski definition) is 4. The van der Waals surface area contributed by atoms with E-state index in [2.05, 4.69) is 51.2 Å². The van der Waals surface area contributed by atoms with Crippen molar-refractivity contribution in [1.82, 2.24) is 19.6 Å². The van der Waals surface area contributed by atoms with Gasteiger partial charge in [0.25, 0.3) is 0 Å². The van der Waals surface area contributed by atoms with Crippen LogP contribution >= 0.6 is 11.6 Å². The highest BCUT2D eigenvalue weighted by Gasteiger charge is 2.28. The molecule has 1 aromatic heterocycles. The van der Waals surface area contributed by atoms with Gasteiger partial charge in [0.15, 0.2) is 0 Å². The second kappa shape index (κ2) is 10.5. The number of nitrogens with zero attached hydrogens (tertiary/aromatic N) is 4.